The lowest BCUT2D eigenvalue weighted by Gasteiger charge is -2.20. The van der Waals surface area contributed by atoms with E-state index in [1.165, 1.54) is 6.07 Å². The molecule has 1 saturated heterocycles. The van der Waals surface area contributed by atoms with Gasteiger partial charge in [-0.25, -0.2) is 8.78 Å². The normalized spacial score (nSPS) is 14.3. The van der Waals surface area contributed by atoms with Gasteiger partial charge in [0.2, 0.25) is 0 Å². The number of hydrogen-bond acceptors (Lipinski definition) is 3. The van der Waals surface area contributed by atoms with E-state index in [0.29, 0.717) is 19.2 Å². The minimum absolute atomic E-state index is 0.123. The number of likely N-dealkylation sites (tertiary alicyclic amines) is 1. The van der Waals surface area contributed by atoms with Crippen molar-refractivity contribution in [3.05, 3.63) is 59.7 Å². The summed E-state index contributed by atoms with van der Waals surface area (Å²) in [5.74, 6) is -2.11. The maximum Gasteiger partial charge on any atom is 0.260 e. The minimum atomic E-state index is -0.872. The van der Waals surface area contributed by atoms with E-state index < -0.39 is 17.5 Å². The van der Waals surface area contributed by atoms with Gasteiger partial charge < -0.3 is 15.0 Å². The molecule has 1 fully saturated rings. The summed E-state index contributed by atoms with van der Waals surface area (Å²) in [5.41, 5.74) is 0.0248. The van der Waals surface area contributed by atoms with Gasteiger partial charge in [0.05, 0.1) is 11.3 Å². The monoisotopic (exact) mass is 388 g/mol. The van der Waals surface area contributed by atoms with Crippen LogP contribution >= 0.6 is 0 Å². The number of rotatable bonds is 5. The van der Waals surface area contributed by atoms with Gasteiger partial charge in [-0.3, -0.25) is 9.59 Å². The molecule has 0 radical (unpaired) electrons. The second kappa shape index (κ2) is 9.30. The number of amides is 2. The summed E-state index contributed by atoms with van der Waals surface area (Å²) in [6.07, 6.45) is 4.20. The second-order valence-electron chi connectivity index (χ2n) is 6.66. The Morgan fingerprint density at radius 1 is 1.00 bits per heavy atom. The fourth-order valence-corrected chi connectivity index (χ4v) is 3.11. The van der Waals surface area contributed by atoms with Crippen LogP contribution in [0.5, 0.6) is 5.75 Å². The Kier molecular flexibility index (Phi) is 6.57. The van der Waals surface area contributed by atoms with Crippen molar-refractivity contribution < 1.29 is 23.1 Å². The smallest absolute Gasteiger partial charge is 0.260 e. The molecule has 28 heavy (non-hydrogen) atoms. The molecule has 3 rings (SSSR count). The highest BCUT2D eigenvalue weighted by atomic mass is 19.1. The van der Waals surface area contributed by atoms with Crippen molar-refractivity contribution in [3.63, 3.8) is 0 Å². The molecule has 5 nitrogen and oxygen atoms in total. The number of halogens is 2. The average molecular weight is 388 g/mol. The van der Waals surface area contributed by atoms with Crippen molar-refractivity contribution in [1.82, 2.24) is 4.90 Å². The fraction of sp³-hybridized carbons (Fsp3) is 0.333. The molecule has 0 saturated carbocycles. The zero-order valence-corrected chi connectivity index (χ0v) is 15.4. The van der Waals surface area contributed by atoms with Crippen LogP contribution in [0.25, 0.3) is 0 Å². The van der Waals surface area contributed by atoms with E-state index in [9.17, 15) is 18.4 Å². The zero-order chi connectivity index (χ0) is 19.9. The first-order valence-electron chi connectivity index (χ1n) is 9.30. The van der Waals surface area contributed by atoms with Crippen molar-refractivity contribution in [1.29, 1.82) is 0 Å². The van der Waals surface area contributed by atoms with Crippen molar-refractivity contribution in [2.24, 2.45) is 0 Å². The lowest BCUT2D eigenvalue weighted by molar-refractivity contribution is -0.133. The van der Waals surface area contributed by atoms with E-state index in [2.05, 4.69) is 5.32 Å². The first-order valence-corrected chi connectivity index (χ1v) is 9.30. The lowest BCUT2D eigenvalue weighted by Crippen LogP contribution is -2.35. The molecule has 2 amide bonds. The number of anilines is 1. The topological polar surface area (TPSA) is 58.6 Å². The van der Waals surface area contributed by atoms with E-state index in [4.69, 9.17) is 4.74 Å². The number of ether oxygens (including phenoxy) is 1. The first-order chi connectivity index (χ1) is 13.5. The Balaban J connectivity index is 1.66. The van der Waals surface area contributed by atoms with Gasteiger partial charge in [-0.2, -0.15) is 0 Å². The molecule has 7 heteroatoms. The Bertz CT molecular complexity index is 849. The van der Waals surface area contributed by atoms with Gasteiger partial charge in [-0.15, -0.1) is 0 Å². The third kappa shape index (κ3) is 5.06. The fourth-order valence-electron chi connectivity index (χ4n) is 3.11. The molecule has 1 aliphatic rings. The zero-order valence-electron chi connectivity index (χ0n) is 15.4. The van der Waals surface area contributed by atoms with E-state index in [1.54, 1.807) is 23.1 Å². The van der Waals surface area contributed by atoms with Gasteiger partial charge in [0.25, 0.3) is 11.8 Å². The third-order valence-electron chi connectivity index (χ3n) is 4.62. The maximum absolute atomic E-state index is 13.8. The Morgan fingerprint density at radius 3 is 2.43 bits per heavy atom. The SMILES string of the molecule is O=C(Nc1ccc(F)cc1F)c1ccccc1OCC(=O)N1CCCCCC1. The second-order valence-corrected chi connectivity index (χ2v) is 6.66. The van der Waals surface area contributed by atoms with E-state index in [1.807, 2.05) is 0 Å². The van der Waals surface area contributed by atoms with Crippen molar-refractivity contribution >= 4 is 17.5 Å². The maximum atomic E-state index is 13.8. The molecular formula is C21H22F2N2O3. The Hall–Kier alpha value is -2.96. The quantitative estimate of drug-likeness (QED) is 0.842. The molecular weight excluding hydrogens is 366 g/mol. The van der Waals surface area contributed by atoms with Gasteiger partial charge in [0.15, 0.2) is 6.61 Å². The number of benzene rings is 2. The van der Waals surface area contributed by atoms with Crippen LogP contribution in [0.2, 0.25) is 0 Å². The highest BCUT2D eigenvalue weighted by molar-refractivity contribution is 6.06. The van der Waals surface area contributed by atoms with Gasteiger partial charge in [-0.1, -0.05) is 25.0 Å². The van der Waals surface area contributed by atoms with Crippen molar-refractivity contribution in [3.8, 4) is 5.75 Å². The highest BCUT2D eigenvalue weighted by Gasteiger charge is 2.18. The Labute approximate surface area is 162 Å². The van der Waals surface area contributed by atoms with Crippen LogP contribution < -0.4 is 10.1 Å². The van der Waals surface area contributed by atoms with Crippen LogP contribution in [-0.2, 0) is 4.79 Å². The summed E-state index contributed by atoms with van der Waals surface area (Å²) in [7, 11) is 0. The molecule has 1 aliphatic heterocycles. The summed E-state index contributed by atoms with van der Waals surface area (Å²) < 4.78 is 32.4. The van der Waals surface area contributed by atoms with Crippen LogP contribution in [0.15, 0.2) is 42.5 Å². The first kappa shape index (κ1) is 19.8. The highest BCUT2D eigenvalue weighted by Crippen LogP contribution is 2.22. The average Bonchev–Trinajstić information content (AvgIpc) is 2.98. The summed E-state index contributed by atoms with van der Waals surface area (Å²) in [4.78, 5) is 26.7. The van der Waals surface area contributed by atoms with E-state index in [-0.39, 0.29) is 29.5 Å². The van der Waals surface area contributed by atoms with Crippen LogP contribution in [-0.4, -0.2) is 36.4 Å². The molecule has 0 aliphatic carbocycles. The van der Waals surface area contributed by atoms with E-state index >= 15 is 0 Å². The van der Waals surface area contributed by atoms with Crippen LogP contribution in [0.4, 0.5) is 14.5 Å². The van der Waals surface area contributed by atoms with Gasteiger partial charge in [0.1, 0.15) is 17.4 Å². The molecule has 0 spiro atoms. The summed E-state index contributed by atoms with van der Waals surface area (Å²) in [6.45, 7) is 1.26. The van der Waals surface area contributed by atoms with Gasteiger partial charge in [0, 0.05) is 19.2 Å². The molecule has 0 aromatic heterocycles. The summed E-state index contributed by atoms with van der Waals surface area (Å²) >= 11 is 0. The molecule has 2 aromatic carbocycles. The van der Waals surface area contributed by atoms with Gasteiger partial charge >= 0.3 is 0 Å². The summed E-state index contributed by atoms with van der Waals surface area (Å²) in [5, 5.41) is 2.40. The van der Waals surface area contributed by atoms with Crippen LogP contribution in [0.1, 0.15) is 36.0 Å². The van der Waals surface area contributed by atoms with E-state index in [0.717, 1.165) is 37.8 Å². The lowest BCUT2D eigenvalue weighted by atomic mass is 10.2. The largest absolute Gasteiger partial charge is 0.483 e. The standard InChI is InChI=1S/C21H22F2N2O3/c22-15-9-10-18(17(23)13-15)24-21(27)16-7-3-4-8-19(16)28-14-20(26)25-11-5-1-2-6-12-25/h3-4,7-10,13H,1-2,5-6,11-12,14H2,(H,24,27). The number of carbonyl (C=O) groups is 2. The Morgan fingerprint density at radius 2 is 1.71 bits per heavy atom. The third-order valence-corrected chi connectivity index (χ3v) is 4.62. The van der Waals surface area contributed by atoms with Gasteiger partial charge in [-0.05, 0) is 37.1 Å². The number of hydrogen-bond donors (Lipinski definition) is 1. The number of nitrogens with zero attached hydrogens (tertiary/aromatic N) is 1. The molecule has 0 atom stereocenters. The molecule has 1 N–H and O–H groups in total. The van der Waals surface area contributed by atoms with Crippen LogP contribution in [0.3, 0.4) is 0 Å². The molecule has 1 heterocycles. The summed E-state index contributed by atoms with van der Waals surface area (Å²) in [6, 6.07) is 9.31. The number of nitrogens with one attached hydrogen (secondary N) is 1. The van der Waals surface area contributed by atoms with Crippen molar-refractivity contribution in [2.45, 2.75) is 25.7 Å². The molecule has 0 bridgehead atoms. The molecule has 0 unspecified atom stereocenters. The van der Waals surface area contributed by atoms with Crippen molar-refractivity contribution in [2.75, 3.05) is 25.0 Å². The predicted octanol–water partition coefficient (Wildman–Crippen LogP) is 4.00. The number of para-hydroxylation sites is 1. The number of carbonyl (C=O) groups excluding carboxylic acids is 2. The molecule has 2 aromatic rings. The predicted molar refractivity (Wildman–Crippen MR) is 101 cm³/mol. The van der Waals surface area contributed by atoms with Crippen LogP contribution in [0, 0.1) is 11.6 Å². The molecule has 148 valence electrons. The minimum Gasteiger partial charge on any atom is -0.483 e.